The first-order valence-corrected chi connectivity index (χ1v) is 6.04. The van der Waals surface area contributed by atoms with Crippen LogP contribution >= 0.6 is 0 Å². The molecular weight excluding hydrogens is 188 g/mol. The van der Waals surface area contributed by atoms with Crippen molar-refractivity contribution in [2.24, 2.45) is 5.41 Å². The highest BCUT2D eigenvalue weighted by atomic mass is 16.2. The predicted molar refractivity (Wildman–Crippen MR) is 62.9 cm³/mol. The van der Waals surface area contributed by atoms with Gasteiger partial charge in [0, 0.05) is 26.2 Å². The lowest BCUT2D eigenvalue weighted by molar-refractivity contribution is 0.115. The van der Waals surface area contributed by atoms with E-state index in [9.17, 15) is 4.79 Å². The number of hydrogen-bond acceptors (Lipinski definition) is 1. The molecule has 0 unspecified atom stereocenters. The first-order valence-electron chi connectivity index (χ1n) is 6.04. The largest absolute Gasteiger partial charge is 0.325 e. The highest BCUT2D eigenvalue weighted by Crippen LogP contribution is 2.29. The third kappa shape index (κ3) is 3.11. The maximum absolute atomic E-state index is 12.0. The molecule has 0 spiro atoms. The second-order valence-electron chi connectivity index (χ2n) is 5.11. The van der Waals surface area contributed by atoms with Crippen molar-refractivity contribution in [3.05, 3.63) is 0 Å². The van der Waals surface area contributed by atoms with E-state index in [4.69, 9.17) is 0 Å². The molecule has 1 rings (SSSR count). The number of hydrogen-bond donors (Lipinski definition) is 0. The van der Waals surface area contributed by atoms with E-state index in [1.165, 1.54) is 0 Å². The molecule has 15 heavy (non-hydrogen) atoms. The van der Waals surface area contributed by atoms with E-state index in [0.717, 1.165) is 39.0 Å². The molecule has 0 saturated carbocycles. The Labute approximate surface area is 93.4 Å². The minimum Gasteiger partial charge on any atom is -0.325 e. The summed E-state index contributed by atoms with van der Waals surface area (Å²) in [5, 5.41) is 0. The second kappa shape index (κ2) is 4.86. The Morgan fingerprint density at radius 3 is 2.07 bits per heavy atom. The first kappa shape index (κ1) is 12.3. The van der Waals surface area contributed by atoms with Gasteiger partial charge in [0.1, 0.15) is 0 Å². The molecule has 3 nitrogen and oxygen atoms in total. The third-order valence-electron chi connectivity index (χ3n) is 3.42. The monoisotopic (exact) mass is 212 g/mol. The van der Waals surface area contributed by atoms with E-state index in [-0.39, 0.29) is 6.03 Å². The lowest BCUT2D eigenvalue weighted by Gasteiger charge is -2.38. The Hall–Kier alpha value is -0.730. The van der Waals surface area contributed by atoms with Crippen LogP contribution in [0.25, 0.3) is 0 Å². The number of carbonyl (C=O) groups is 1. The number of urea groups is 1. The Morgan fingerprint density at radius 2 is 1.67 bits per heavy atom. The van der Waals surface area contributed by atoms with Gasteiger partial charge in [-0.05, 0) is 32.1 Å². The predicted octanol–water partition coefficient (Wildman–Crippen LogP) is 2.57. The second-order valence-corrected chi connectivity index (χ2v) is 5.11. The molecule has 1 aliphatic heterocycles. The van der Waals surface area contributed by atoms with Crippen LogP contribution in [0.2, 0.25) is 0 Å². The van der Waals surface area contributed by atoms with Crippen LogP contribution < -0.4 is 0 Å². The van der Waals surface area contributed by atoms with E-state index >= 15 is 0 Å². The number of likely N-dealkylation sites (tertiary alicyclic amines) is 1. The van der Waals surface area contributed by atoms with Crippen molar-refractivity contribution >= 4 is 6.03 Å². The standard InChI is InChI=1S/C12H24N2O/c1-5-13(6-2)11(15)14-9-7-12(3,4)8-10-14/h5-10H2,1-4H3. The quantitative estimate of drug-likeness (QED) is 0.690. The molecule has 0 aromatic carbocycles. The van der Waals surface area contributed by atoms with Gasteiger partial charge >= 0.3 is 6.03 Å². The van der Waals surface area contributed by atoms with Crippen molar-refractivity contribution in [3.8, 4) is 0 Å². The fourth-order valence-electron chi connectivity index (χ4n) is 2.00. The van der Waals surface area contributed by atoms with Gasteiger partial charge < -0.3 is 9.80 Å². The van der Waals surface area contributed by atoms with Gasteiger partial charge in [-0.3, -0.25) is 0 Å². The van der Waals surface area contributed by atoms with Crippen molar-refractivity contribution in [1.82, 2.24) is 9.80 Å². The molecule has 0 aromatic rings. The summed E-state index contributed by atoms with van der Waals surface area (Å²) in [6, 6.07) is 0.218. The molecular formula is C12H24N2O. The zero-order chi connectivity index (χ0) is 11.5. The Morgan fingerprint density at radius 1 is 1.20 bits per heavy atom. The van der Waals surface area contributed by atoms with Crippen LogP contribution in [0.4, 0.5) is 4.79 Å². The summed E-state index contributed by atoms with van der Waals surface area (Å²) in [7, 11) is 0. The molecule has 0 radical (unpaired) electrons. The van der Waals surface area contributed by atoms with Crippen molar-refractivity contribution < 1.29 is 4.79 Å². The molecule has 1 saturated heterocycles. The van der Waals surface area contributed by atoms with E-state index < -0.39 is 0 Å². The van der Waals surface area contributed by atoms with E-state index in [0.29, 0.717) is 5.41 Å². The maximum atomic E-state index is 12.0. The van der Waals surface area contributed by atoms with Gasteiger partial charge in [-0.15, -0.1) is 0 Å². The fraction of sp³-hybridized carbons (Fsp3) is 0.917. The van der Waals surface area contributed by atoms with E-state index in [1.54, 1.807) is 0 Å². The number of nitrogens with zero attached hydrogens (tertiary/aromatic N) is 2. The van der Waals surface area contributed by atoms with E-state index in [1.807, 2.05) is 23.6 Å². The van der Waals surface area contributed by atoms with Crippen molar-refractivity contribution in [3.63, 3.8) is 0 Å². The number of amides is 2. The smallest absolute Gasteiger partial charge is 0.319 e. The maximum Gasteiger partial charge on any atom is 0.319 e. The zero-order valence-electron chi connectivity index (χ0n) is 10.5. The van der Waals surface area contributed by atoms with Crippen LogP contribution in [0.3, 0.4) is 0 Å². The van der Waals surface area contributed by atoms with Gasteiger partial charge in [-0.1, -0.05) is 13.8 Å². The third-order valence-corrected chi connectivity index (χ3v) is 3.42. The fourth-order valence-corrected chi connectivity index (χ4v) is 2.00. The Bertz CT molecular complexity index is 212. The topological polar surface area (TPSA) is 23.6 Å². The summed E-state index contributed by atoms with van der Waals surface area (Å²) < 4.78 is 0. The summed E-state index contributed by atoms with van der Waals surface area (Å²) >= 11 is 0. The van der Waals surface area contributed by atoms with Gasteiger partial charge in [0.15, 0.2) is 0 Å². The summed E-state index contributed by atoms with van der Waals surface area (Å²) in [6.45, 7) is 12.1. The minimum absolute atomic E-state index is 0.218. The SMILES string of the molecule is CCN(CC)C(=O)N1CCC(C)(C)CC1. The lowest BCUT2D eigenvalue weighted by atomic mass is 9.83. The molecule has 1 aliphatic rings. The Kier molecular flexibility index (Phi) is 4.00. The molecule has 0 aliphatic carbocycles. The van der Waals surface area contributed by atoms with Crippen molar-refractivity contribution in [2.75, 3.05) is 26.2 Å². The molecule has 3 heteroatoms. The molecule has 0 bridgehead atoms. The molecule has 0 aromatic heterocycles. The normalized spacial score (nSPS) is 20.1. The van der Waals surface area contributed by atoms with Crippen LogP contribution in [-0.2, 0) is 0 Å². The van der Waals surface area contributed by atoms with Gasteiger partial charge in [0.2, 0.25) is 0 Å². The zero-order valence-corrected chi connectivity index (χ0v) is 10.5. The lowest BCUT2D eigenvalue weighted by Crippen LogP contribution is -2.47. The Balaban J connectivity index is 2.49. The summed E-state index contributed by atoms with van der Waals surface area (Å²) in [5.41, 5.74) is 0.417. The molecule has 2 amide bonds. The molecule has 88 valence electrons. The van der Waals surface area contributed by atoms with Crippen molar-refractivity contribution in [2.45, 2.75) is 40.5 Å². The van der Waals surface area contributed by atoms with Gasteiger partial charge in [-0.25, -0.2) is 4.79 Å². The summed E-state index contributed by atoms with van der Waals surface area (Å²) in [6.07, 6.45) is 2.25. The minimum atomic E-state index is 0.218. The van der Waals surface area contributed by atoms with Gasteiger partial charge in [0.25, 0.3) is 0 Å². The van der Waals surface area contributed by atoms with Gasteiger partial charge in [-0.2, -0.15) is 0 Å². The molecule has 0 atom stereocenters. The van der Waals surface area contributed by atoms with E-state index in [2.05, 4.69) is 13.8 Å². The number of piperidine rings is 1. The molecule has 1 fully saturated rings. The van der Waals surface area contributed by atoms with Crippen LogP contribution in [-0.4, -0.2) is 42.0 Å². The van der Waals surface area contributed by atoms with Crippen molar-refractivity contribution in [1.29, 1.82) is 0 Å². The average molecular weight is 212 g/mol. The first-order chi connectivity index (χ1) is 7.00. The van der Waals surface area contributed by atoms with Gasteiger partial charge in [0.05, 0.1) is 0 Å². The summed E-state index contributed by atoms with van der Waals surface area (Å²) in [5.74, 6) is 0. The average Bonchev–Trinajstić information content (AvgIpc) is 2.19. The molecule has 1 heterocycles. The van der Waals surface area contributed by atoms with Crippen LogP contribution in [0.5, 0.6) is 0 Å². The number of carbonyl (C=O) groups excluding carboxylic acids is 1. The summed E-state index contributed by atoms with van der Waals surface area (Å²) in [4.78, 5) is 15.9. The van der Waals surface area contributed by atoms with Crippen LogP contribution in [0.1, 0.15) is 40.5 Å². The molecule has 0 N–H and O–H groups in total. The highest BCUT2D eigenvalue weighted by molar-refractivity contribution is 5.74. The van der Waals surface area contributed by atoms with Crippen LogP contribution in [0, 0.1) is 5.41 Å². The highest BCUT2D eigenvalue weighted by Gasteiger charge is 2.29. The number of rotatable bonds is 2. The van der Waals surface area contributed by atoms with Crippen LogP contribution in [0.15, 0.2) is 0 Å².